The standard InChI is InChI=1S/C8H15F3N2O2/c1-3-7(2,12)6(15)13-4-5(14)8(9,10)11/h5,14H,3-4,12H2,1-2H3,(H,13,15). The molecule has 4 nitrogen and oxygen atoms in total. The van der Waals surface area contributed by atoms with Gasteiger partial charge in [-0.2, -0.15) is 13.2 Å². The lowest BCUT2D eigenvalue weighted by molar-refractivity contribution is -0.202. The molecule has 15 heavy (non-hydrogen) atoms. The summed E-state index contributed by atoms with van der Waals surface area (Å²) in [5, 5.41) is 10.5. The van der Waals surface area contributed by atoms with Crippen LogP contribution in [0, 0.1) is 0 Å². The van der Waals surface area contributed by atoms with Crippen LogP contribution in [-0.2, 0) is 4.79 Å². The molecule has 0 heterocycles. The molecule has 0 spiro atoms. The predicted octanol–water partition coefficient (Wildman–Crippen LogP) is 0.153. The molecule has 0 rings (SSSR count). The second-order valence-corrected chi connectivity index (χ2v) is 3.54. The largest absolute Gasteiger partial charge is 0.416 e. The smallest absolute Gasteiger partial charge is 0.382 e. The summed E-state index contributed by atoms with van der Waals surface area (Å²) in [5.41, 5.74) is 4.26. The molecule has 90 valence electrons. The molecule has 4 N–H and O–H groups in total. The highest BCUT2D eigenvalue weighted by Gasteiger charge is 2.39. The Kier molecular flexibility index (Phi) is 4.54. The summed E-state index contributed by atoms with van der Waals surface area (Å²) in [5.74, 6) is -0.715. The fourth-order valence-corrected chi connectivity index (χ4v) is 0.668. The molecule has 0 aliphatic rings. The van der Waals surface area contributed by atoms with Gasteiger partial charge in [0.05, 0.1) is 12.1 Å². The molecule has 0 aliphatic heterocycles. The van der Waals surface area contributed by atoms with Crippen LogP contribution < -0.4 is 11.1 Å². The molecular weight excluding hydrogens is 213 g/mol. The highest BCUT2D eigenvalue weighted by Crippen LogP contribution is 2.19. The number of hydrogen-bond acceptors (Lipinski definition) is 3. The molecule has 0 aromatic heterocycles. The highest BCUT2D eigenvalue weighted by atomic mass is 19.4. The first-order chi connectivity index (χ1) is 6.61. The van der Waals surface area contributed by atoms with Gasteiger partial charge in [-0.3, -0.25) is 4.79 Å². The Morgan fingerprint density at radius 3 is 2.33 bits per heavy atom. The number of alkyl halides is 3. The Morgan fingerprint density at radius 1 is 1.53 bits per heavy atom. The minimum atomic E-state index is -4.73. The van der Waals surface area contributed by atoms with Gasteiger partial charge in [-0.25, -0.2) is 0 Å². The van der Waals surface area contributed by atoms with E-state index in [2.05, 4.69) is 0 Å². The van der Waals surface area contributed by atoms with E-state index in [1.54, 1.807) is 6.92 Å². The molecule has 0 aliphatic carbocycles. The summed E-state index contributed by atoms with van der Waals surface area (Å²) in [6.45, 7) is 2.16. The Hall–Kier alpha value is -0.820. The number of rotatable bonds is 4. The van der Waals surface area contributed by atoms with Crippen molar-refractivity contribution in [1.29, 1.82) is 0 Å². The second-order valence-electron chi connectivity index (χ2n) is 3.54. The van der Waals surface area contributed by atoms with Gasteiger partial charge in [0.15, 0.2) is 6.10 Å². The number of nitrogens with two attached hydrogens (primary N) is 1. The maximum Gasteiger partial charge on any atom is 0.416 e. The van der Waals surface area contributed by atoms with Crippen molar-refractivity contribution in [1.82, 2.24) is 5.32 Å². The number of aliphatic hydroxyl groups excluding tert-OH is 1. The van der Waals surface area contributed by atoms with E-state index in [1.807, 2.05) is 5.32 Å². The Labute approximate surface area is 85.6 Å². The number of aliphatic hydroxyl groups is 1. The Balaban J connectivity index is 4.13. The molecule has 0 saturated carbocycles. The number of hydrogen-bond donors (Lipinski definition) is 3. The van der Waals surface area contributed by atoms with Gasteiger partial charge in [-0.05, 0) is 13.3 Å². The fourth-order valence-electron chi connectivity index (χ4n) is 0.668. The van der Waals surface area contributed by atoms with E-state index in [4.69, 9.17) is 10.8 Å². The first-order valence-corrected chi connectivity index (χ1v) is 4.43. The van der Waals surface area contributed by atoms with Crippen LogP contribution in [0.1, 0.15) is 20.3 Å². The first-order valence-electron chi connectivity index (χ1n) is 4.43. The van der Waals surface area contributed by atoms with Gasteiger partial charge in [0, 0.05) is 0 Å². The van der Waals surface area contributed by atoms with Crippen LogP contribution in [-0.4, -0.2) is 35.4 Å². The van der Waals surface area contributed by atoms with Crippen molar-refractivity contribution in [3.8, 4) is 0 Å². The molecule has 0 aromatic carbocycles. The van der Waals surface area contributed by atoms with Gasteiger partial charge in [0.1, 0.15) is 0 Å². The van der Waals surface area contributed by atoms with Crippen molar-refractivity contribution in [2.24, 2.45) is 5.73 Å². The number of carbonyl (C=O) groups is 1. The van der Waals surface area contributed by atoms with Crippen LogP contribution in [0.4, 0.5) is 13.2 Å². The zero-order valence-corrected chi connectivity index (χ0v) is 8.56. The van der Waals surface area contributed by atoms with Gasteiger partial charge < -0.3 is 16.2 Å². The third kappa shape index (κ3) is 4.48. The first kappa shape index (κ1) is 14.2. The number of nitrogens with one attached hydrogen (secondary N) is 1. The van der Waals surface area contributed by atoms with Gasteiger partial charge in [0.2, 0.25) is 5.91 Å². The van der Waals surface area contributed by atoms with E-state index < -0.39 is 30.3 Å². The number of carbonyl (C=O) groups excluding carboxylic acids is 1. The predicted molar refractivity (Wildman–Crippen MR) is 48.0 cm³/mol. The van der Waals surface area contributed by atoms with Crippen LogP contribution in [0.5, 0.6) is 0 Å². The minimum absolute atomic E-state index is 0.293. The maximum atomic E-state index is 11.8. The monoisotopic (exact) mass is 228 g/mol. The SMILES string of the molecule is CCC(C)(N)C(=O)NCC(O)C(F)(F)F. The summed E-state index contributed by atoms with van der Waals surface area (Å²) < 4.78 is 35.5. The second kappa shape index (κ2) is 4.80. The maximum absolute atomic E-state index is 11.8. The molecule has 0 saturated heterocycles. The Morgan fingerprint density at radius 2 is 2.00 bits per heavy atom. The molecule has 0 aromatic rings. The van der Waals surface area contributed by atoms with Gasteiger partial charge in [-0.15, -0.1) is 0 Å². The summed E-state index contributed by atoms with van der Waals surface area (Å²) in [6.07, 6.45) is -7.00. The van der Waals surface area contributed by atoms with E-state index in [9.17, 15) is 18.0 Å². The number of amides is 1. The van der Waals surface area contributed by atoms with Crippen molar-refractivity contribution < 1.29 is 23.1 Å². The van der Waals surface area contributed by atoms with Crippen molar-refractivity contribution in [2.45, 2.75) is 38.1 Å². The van der Waals surface area contributed by atoms with Crippen LogP contribution in [0.3, 0.4) is 0 Å². The summed E-state index contributed by atoms with van der Waals surface area (Å²) in [6, 6.07) is 0. The lowest BCUT2D eigenvalue weighted by Gasteiger charge is -2.23. The lowest BCUT2D eigenvalue weighted by atomic mass is 9.99. The summed E-state index contributed by atoms with van der Waals surface area (Å²) >= 11 is 0. The van der Waals surface area contributed by atoms with Crippen LogP contribution >= 0.6 is 0 Å². The average molecular weight is 228 g/mol. The van der Waals surface area contributed by atoms with Gasteiger partial charge in [0.25, 0.3) is 0 Å². The van der Waals surface area contributed by atoms with E-state index >= 15 is 0 Å². The molecule has 0 radical (unpaired) electrons. The molecule has 2 unspecified atom stereocenters. The van der Waals surface area contributed by atoms with Crippen molar-refractivity contribution in [3.05, 3.63) is 0 Å². The molecule has 0 bridgehead atoms. The van der Waals surface area contributed by atoms with Gasteiger partial charge in [-0.1, -0.05) is 6.92 Å². The van der Waals surface area contributed by atoms with Gasteiger partial charge >= 0.3 is 6.18 Å². The third-order valence-corrected chi connectivity index (χ3v) is 2.09. The van der Waals surface area contributed by atoms with Crippen LogP contribution in [0.2, 0.25) is 0 Å². The van der Waals surface area contributed by atoms with Crippen molar-refractivity contribution >= 4 is 5.91 Å². The Bertz CT molecular complexity index is 228. The number of halogens is 3. The third-order valence-electron chi connectivity index (χ3n) is 2.09. The van der Waals surface area contributed by atoms with E-state index in [0.29, 0.717) is 6.42 Å². The highest BCUT2D eigenvalue weighted by molar-refractivity contribution is 5.85. The molecule has 7 heteroatoms. The zero-order chi connectivity index (χ0) is 12.3. The lowest BCUT2D eigenvalue weighted by Crippen LogP contribution is -2.53. The van der Waals surface area contributed by atoms with Crippen LogP contribution in [0.15, 0.2) is 0 Å². The zero-order valence-electron chi connectivity index (χ0n) is 8.56. The van der Waals surface area contributed by atoms with E-state index in [0.717, 1.165) is 0 Å². The molecule has 0 fully saturated rings. The normalized spacial score (nSPS) is 18.1. The summed E-state index contributed by atoms with van der Waals surface area (Å²) in [7, 11) is 0. The minimum Gasteiger partial charge on any atom is -0.382 e. The van der Waals surface area contributed by atoms with Crippen molar-refractivity contribution in [3.63, 3.8) is 0 Å². The fraction of sp³-hybridized carbons (Fsp3) is 0.875. The topological polar surface area (TPSA) is 75.4 Å². The van der Waals surface area contributed by atoms with Crippen molar-refractivity contribution in [2.75, 3.05) is 6.54 Å². The van der Waals surface area contributed by atoms with E-state index in [-0.39, 0.29) is 0 Å². The molecular formula is C8H15F3N2O2. The van der Waals surface area contributed by atoms with E-state index in [1.165, 1.54) is 6.92 Å². The summed E-state index contributed by atoms with van der Waals surface area (Å²) in [4.78, 5) is 11.2. The molecule has 2 atom stereocenters. The quantitative estimate of drug-likeness (QED) is 0.641. The van der Waals surface area contributed by atoms with Crippen LogP contribution in [0.25, 0.3) is 0 Å². The molecule has 1 amide bonds. The average Bonchev–Trinajstić information content (AvgIpc) is 2.11.